The molecule has 1 fully saturated rings. The lowest BCUT2D eigenvalue weighted by molar-refractivity contribution is -0.137. The molecule has 3 heterocycles. The van der Waals surface area contributed by atoms with Crippen molar-refractivity contribution in [1.82, 2.24) is 19.7 Å². The molecule has 1 aliphatic rings. The van der Waals surface area contributed by atoms with Crippen molar-refractivity contribution in [3.05, 3.63) is 59.8 Å². The average Bonchev–Trinajstić information content (AvgIpc) is 3.55. The van der Waals surface area contributed by atoms with Crippen LogP contribution in [0.5, 0.6) is 5.75 Å². The third kappa shape index (κ3) is 7.02. The standard InChI is InChI=1S/C31H36F3N7O2/c1-30(2,3)25-18-24(26-27(35)39-40(4)28(26)38-25)19-7-9-21(10-8-19)36-29(42)37-22-15-20(31(32,33)34)16-23(17-22)43-14-13-41-11-5-6-12-41/h7-10,15-18H,5-6,11-14H2,1-4H3,(H2,35,39)(H2,36,37,42). The number of fused-ring (bicyclic) bond motifs is 1. The highest BCUT2D eigenvalue weighted by Crippen LogP contribution is 2.36. The number of nitrogen functional groups attached to an aromatic ring is 1. The topological polar surface area (TPSA) is 110 Å². The molecule has 2 aromatic heterocycles. The summed E-state index contributed by atoms with van der Waals surface area (Å²) in [6.45, 7) is 9.03. The van der Waals surface area contributed by atoms with Crippen LogP contribution in [0.3, 0.4) is 0 Å². The number of amides is 2. The molecular weight excluding hydrogens is 559 g/mol. The van der Waals surface area contributed by atoms with E-state index in [-0.39, 0.29) is 23.5 Å². The van der Waals surface area contributed by atoms with Crippen molar-refractivity contribution in [3.63, 3.8) is 0 Å². The van der Waals surface area contributed by atoms with E-state index in [1.807, 2.05) is 18.2 Å². The van der Waals surface area contributed by atoms with Gasteiger partial charge in [0.1, 0.15) is 12.4 Å². The predicted octanol–water partition coefficient (Wildman–Crippen LogP) is 6.65. The number of alkyl halides is 3. The van der Waals surface area contributed by atoms with Crippen molar-refractivity contribution in [3.8, 4) is 16.9 Å². The fourth-order valence-electron chi connectivity index (χ4n) is 5.13. The zero-order valence-corrected chi connectivity index (χ0v) is 24.7. The average molecular weight is 596 g/mol. The van der Waals surface area contributed by atoms with Crippen molar-refractivity contribution in [2.75, 3.05) is 42.6 Å². The smallest absolute Gasteiger partial charge is 0.416 e. The molecule has 0 bridgehead atoms. The molecule has 1 saturated heterocycles. The summed E-state index contributed by atoms with van der Waals surface area (Å²) >= 11 is 0. The number of benzene rings is 2. The Labute approximate surface area is 248 Å². The van der Waals surface area contributed by atoms with Crippen molar-refractivity contribution in [2.45, 2.75) is 45.2 Å². The largest absolute Gasteiger partial charge is 0.492 e. The molecule has 228 valence electrons. The van der Waals surface area contributed by atoms with Gasteiger partial charge in [-0.1, -0.05) is 32.9 Å². The number of anilines is 3. The molecule has 0 spiro atoms. The van der Waals surface area contributed by atoms with Crippen LogP contribution in [0.15, 0.2) is 48.5 Å². The van der Waals surface area contributed by atoms with Gasteiger partial charge in [-0.2, -0.15) is 18.3 Å². The molecule has 0 radical (unpaired) electrons. The first-order valence-corrected chi connectivity index (χ1v) is 14.2. The summed E-state index contributed by atoms with van der Waals surface area (Å²) in [5, 5.41) is 10.3. The van der Waals surface area contributed by atoms with Crippen molar-refractivity contribution in [1.29, 1.82) is 0 Å². The van der Waals surface area contributed by atoms with E-state index in [2.05, 4.69) is 41.4 Å². The number of likely N-dealkylation sites (tertiary alicyclic amines) is 1. The summed E-state index contributed by atoms with van der Waals surface area (Å²) in [7, 11) is 1.79. The molecule has 0 atom stereocenters. The van der Waals surface area contributed by atoms with Gasteiger partial charge in [0.15, 0.2) is 11.5 Å². The number of ether oxygens (including phenoxy) is 1. The summed E-state index contributed by atoms with van der Waals surface area (Å²) in [6, 6.07) is 11.6. The summed E-state index contributed by atoms with van der Waals surface area (Å²) in [4.78, 5) is 19.8. The maximum atomic E-state index is 13.6. The lowest BCUT2D eigenvalue weighted by Gasteiger charge is -2.19. The van der Waals surface area contributed by atoms with E-state index in [9.17, 15) is 18.0 Å². The van der Waals surface area contributed by atoms with Crippen molar-refractivity contribution >= 4 is 34.3 Å². The van der Waals surface area contributed by atoms with E-state index in [0.717, 1.165) is 60.3 Å². The lowest BCUT2D eigenvalue weighted by Crippen LogP contribution is -2.25. The molecule has 5 rings (SSSR count). The summed E-state index contributed by atoms with van der Waals surface area (Å²) in [6.07, 6.45) is -2.37. The van der Waals surface area contributed by atoms with Gasteiger partial charge < -0.3 is 21.1 Å². The van der Waals surface area contributed by atoms with E-state index in [4.69, 9.17) is 15.5 Å². The number of nitrogens with zero attached hydrogens (tertiary/aromatic N) is 4. The number of carbonyl (C=O) groups is 1. The monoisotopic (exact) mass is 595 g/mol. The molecule has 12 heteroatoms. The second kappa shape index (κ2) is 11.8. The van der Waals surface area contributed by atoms with E-state index in [1.54, 1.807) is 23.9 Å². The molecule has 0 saturated carbocycles. The molecular formula is C31H36F3N7O2. The summed E-state index contributed by atoms with van der Waals surface area (Å²) in [5.74, 6) is 0.407. The Morgan fingerprint density at radius 3 is 2.33 bits per heavy atom. The van der Waals surface area contributed by atoms with Gasteiger partial charge >= 0.3 is 12.2 Å². The Bertz CT molecular complexity index is 1620. The second-order valence-electron chi connectivity index (χ2n) is 11.8. The maximum Gasteiger partial charge on any atom is 0.416 e. The van der Waals surface area contributed by atoms with E-state index in [0.29, 0.717) is 23.7 Å². The van der Waals surface area contributed by atoms with Gasteiger partial charge in [0.25, 0.3) is 0 Å². The van der Waals surface area contributed by atoms with Crippen LogP contribution < -0.4 is 21.1 Å². The quantitative estimate of drug-likeness (QED) is 0.221. The second-order valence-corrected chi connectivity index (χ2v) is 11.8. The fraction of sp³-hybridized carbons (Fsp3) is 0.387. The number of hydrogen-bond acceptors (Lipinski definition) is 6. The Balaban J connectivity index is 1.32. The van der Waals surface area contributed by atoms with Gasteiger partial charge in [-0.15, -0.1) is 0 Å². The normalized spacial score (nSPS) is 14.3. The number of hydrogen-bond donors (Lipinski definition) is 3. The minimum Gasteiger partial charge on any atom is -0.492 e. The van der Waals surface area contributed by atoms with Crippen LogP contribution in [0.4, 0.5) is 35.2 Å². The van der Waals surface area contributed by atoms with Gasteiger partial charge in [-0.3, -0.25) is 4.90 Å². The molecule has 0 aliphatic carbocycles. The van der Waals surface area contributed by atoms with Gasteiger partial charge in [-0.05, 0) is 67.4 Å². The first kappa shape index (κ1) is 30.1. The number of aromatic nitrogens is 3. The number of pyridine rings is 1. The summed E-state index contributed by atoms with van der Waals surface area (Å²) in [5.41, 5.74) is 8.78. The van der Waals surface area contributed by atoms with E-state index in [1.165, 1.54) is 6.07 Å². The van der Waals surface area contributed by atoms with Crippen LogP contribution in [-0.2, 0) is 18.6 Å². The number of urea groups is 1. The highest BCUT2D eigenvalue weighted by Gasteiger charge is 2.32. The van der Waals surface area contributed by atoms with Crippen LogP contribution in [-0.4, -0.2) is 51.9 Å². The highest BCUT2D eigenvalue weighted by atomic mass is 19.4. The number of nitrogens with two attached hydrogens (primary N) is 1. The zero-order chi connectivity index (χ0) is 30.9. The molecule has 43 heavy (non-hydrogen) atoms. The Morgan fingerprint density at radius 2 is 1.67 bits per heavy atom. The molecule has 1 aliphatic heterocycles. The Hall–Kier alpha value is -4.32. The van der Waals surface area contributed by atoms with Gasteiger partial charge in [0, 0.05) is 42.1 Å². The van der Waals surface area contributed by atoms with Gasteiger partial charge in [-0.25, -0.2) is 14.5 Å². The fourth-order valence-corrected chi connectivity index (χ4v) is 5.13. The minimum absolute atomic E-state index is 0.0268. The van der Waals surface area contributed by atoms with Crippen LogP contribution in [0.2, 0.25) is 0 Å². The van der Waals surface area contributed by atoms with E-state index >= 15 is 0 Å². The molecule has 4 N–H and O–H groups in total. The molecule has 9 nitrogen and oxygen atoms in total. The number of halogens is 3. The molecule has 2 amide bonds. The van der Waals surface area contributed by atoms with Gasteiger partial charge in [0.2, 0.25) is 0 Å². The first-order chi connectivity index (χ1) is 20.3. The third-order valence-electron chi connectivity index (χ3n) is 7.41. The van der Waals surface area contributed by atoms with Gasteiger partial charge in [0.05, 0.1) is 10.9 Å². The van der Waals surface area contributed by atoms with Crippen molar-refractivity contribution in [2.24, 2.45) is 7.05 Å². The highest BCUT2D eigenvalue weighted by molar-refractivity contribution is 6.02. The minimum atomic E-state index is -4.60. The number of aryl methyl sites for hydroxylation is 1. The van der Waals surface area contributed by atoms with Crippen LogP contribution in [0.1, 0.15) is 44.9 Å². The molecule has 0 unspecified atom stereocenters. The SMILES string of the molecule is Cn1nc(N)c2c(-c3ccc(NC(=O)Nc4cc(OCCN5CCCC5)cc(C(F)(F)F)c4)cc3)cc(C(C)(C)C)nc21. The Morgan fingerprint density at radius 1 is 1.00 bits per heavy atom. The zero-order valence-electron chi connectivity index (χ0n) is 24.7. The lowest BCUT2D eigenvalue weighted by atomic mass is 9.89. The summed E-state index contributed by atoms with van der Waals surface area (Å²) < 4.78 is 48.0. The number of nitrogens with one attached hydrogen (secondary N) is 2. The van der Waals surface area contributed by atoms with Crippen molar-refractivity contribution < 1.29 is 22.7 Å². The Kier molecular flexibility index (Phi) is 8.24. The number of carbonyl (C=O) groups excluding carboxylic acids is 1. The number of rotatable bonds is 7. The van der Waals surface area contributed by atoms with Crippen LogP contribution >= 0.6 is 0 Å². The molecule has 4 aromatic rings. The molecule has 2 aromatic carbocycles. The predicted molar refractivity (Wildman–Crippen MR) is 162 cm³/mol. The first-order valence-electron chi connectivity index (χ1n) is 14.2. The maximum absolute atomic E-state index is 13.6. The van der Waals surface area contributed by atoms with Crippen LogP contribution in [0.25, 0.3) is 22.2 Å². The van der Waals surface area contributed by atoms with E-state index < -0.39 is 17.8 Å². The van der Waals surface area contributed by atoms with Crippen LogP contribution in [0, 0.1) is 0 Å². The third-order valence-corrected chi connectivity index (χ3v) is 7.41.